The van der Waals surface area contributed by atoms with Crippen LogP contribution in [-0.2, 0) is 6.54 Å². The molecule has 12 rings (SSSR count). The minimum absolute atomic E-state index is 0.601. The molecule has 0 amide bonds. The number of furan rings is 1. The fraction of sp³-hybridized carbons (Fsp3) is 0.0175. The minimum atomic E-state index is 0.601. The Kier molecular flexibility index (Phi) is 8.14. The highest BCUT2D eigenvalue weighted by atomic mass is 32.1. The first-order valence-electron chi connectivity index (χ1n) is 20.5. The Labute approximate surface area is 351 Å². The number of hydrogen-bond donors (Lipinski definition) is 0. The van der Waals surface area contributed by atoms with Crippen LogP contribution in [0.4, 0.5) is 11.4 Å². The van der Waals surface area contributed by atoms with E-state index in [1.54, 1.807) is 0 Å². The molecular formula is C57H37NOS. The molecule has 0 aliphatic rings. The lowest BCUT2D eigenvalue weighted by molar-refractivity contribution is 0.662. The molecular weight excluding hydrogens is 747 g/mol. The monoisotopic (exact) mass is 783 g/mol. The molecule has 12 aromatic rings. The highest BCUT2D eigenvalue weighted by molar-refractivity contribution is 7.26. The van der Waals surface area contributed by atoms with Crippen LogP contribution < -0.4 is 4.90 Å². The molecule has 0 unspecified atom stereocenters. The van der Waals surface area contributed by atoms with Gasteiger partial charge in [-0.15, -0.1) is 11.3 Å². The number of rotatable bonds is 7. The van der Waals surface area contributed by atoms with Crippen LogP contribution in [0.5, 0.6) is 0 Å². The molecule has 2 aromatic heterocycles. The molecule has 0 atom stereocenters. The van der Waals surface area contributed by atoms with E-state index >= 15 is 0 Å². The smallest absolute Gasteiger partial charge is 0.140 e. The molecule has 0 aliphatic heterocycles. The molecule has 0 fully saturated rings. The maximum atomic E-state index is 6.67. The van der Waals surface area contributed by atoms with Gasteiger partial charge in [-0.1, -0.05) is 176 Å². The Morgan fingerprint density at radius 2 is 1.05 bits per heavy atom. The van der Waals surface area contributed by atoms with Gasteiger partial charge in [-0.25, -0.2) is 0 Å². The molecule has 0 saturated carbocycles. The largest absolute Gasteiger partial charge is 0.456 e. The highest BCUT2D eigenvalue weighted by Gasteiger charge is 2.21. The van der Waals surface area contributed by atoms with E-state index in [-0.39, 0.29) is 0 Å². The third-order valence-corrected chi connectivity index (χ3v) is 13.4. The van der Waals surface area contributed by atoms with Gasteiger partial charge in [0.05, 0.1) is 6.54 Å². The molecule has 60 heavy (non-hydrogen) atoms. The van der Waals surface area contributed by atoms with E-state index in [0.717, 1.165) is 38.9 Å². The summed E-state index contributed by atoms with van der Waals surface area (Å²) >= 11 is 1.87. The van der Waals surface area contributed by atoms with Crippen molar-refractivity contribution in [2.24, 2.45) is 0 Å². The molecule has 0 saturated heterocycles. The Bertz CT molecular complexity index is 3580. The fourth-order valence-electron chi connectivity index (χ4n) is 9.29. The second-order valence-electron chi connectivity index (χ2n) is 15.6. The number of fused-ring (bicyclic) bond motifs is 9. The van der Waals surface area contributed by atoms with Crippen molar-refractivity contribution < 1.29 is 4.42 Å². The lowest BCUT2D eigenvalue weighted by atomic mass is 9.91. The topological polar surface area (TPSA) is 16.4 Å². The van der Waals surface area contributed by atoms with Crippen molar-refractivity contribution in [1.82, 2.24) is 0 Å². The van der Waals surface area contributed by atoms with E-state index in [1.807, 2.05) is 17.4 Å². The molecule has 0 N–H and O–H groups in total. The fourth-order valence-corrected chi connectivity index (χ4v) is 10.5. The van der Waals surface area contributed by atoms with Crippen LogP contribution in [0.25, 0.3) is 97.0 Å². The van der Waals surface area contributed by atoms with Crippen LogP contribution in [0, 0.1) is 0 Å². The number of hydrogen-bond acceptors (Lipinski definition) is 3. The quantitative estimate of drug-likeness (QED) is 0.150. The van der Waals surface area contributed by atoms with E-state index in [1.165, 1.54) is 75.1 Å². The van der Waals surface area contributed by atoms with Gasteiger partial charge in [-0.05, 0) is 85.8 Å². The number of benzene rings is 10. The van der Waals surface area contributed by atoms with Crippen molar-refractivity contribution in [3.63, 3.8) is 0 Å². The van der Waals surface area contributed by atoms with Crippen molar-refractivity contribution in [3.8, 4) is 33.4 Å². The number of anilines is 2. The van der Waals surface area contributed by atoms with Gasteiger partial charge < -0.3 is 9.32 Å². The van der Waals surface area contributed by atoms with Crippen LogP contribution >= 0.6 is 11.3 Å². The molecule has 10 aromatic carbocycles. The summed E-state index contributed by atoms with van der Waals surface area (Å²) in [6.07, 6.45) is 0. The van der Waals surface area contributed by atoms with E-state index in [2.05, 4.69) is 211 Å². The van der Waals surface area contributed by atoms with Crippen molar-refractivity contribution in [3.05, 3.63) is 218 Å². The van der Waals surface area contributed by atoms with E-state index in [0.29, 0.717) is 6.54 Å². The van der Waals surface area contributed by atoms with E-state index in [9.17, 15) is 0 Å². The third kappa shape index (κ3) is 5.70. The standard InChI is InChI=1S/C57H37NOS/c1-2-14-37(15-3-1)44-33-30-40(52-34-39-16-4-5-18-43(39)46-19-6-7-20-47(46)52)35-53(44)58(36-41-17-12-24-50-48-21-8-10-26-54(48)59-56(41)50)42-31-28-38(29-32-42)45-23-13-25-51-49-22-9-11-27-55(49)60-57(45)51/h1-35H,36H2. The first kappa shape index (κ1) is 34.6. The van der Waals surface area contributed by atoms with Gasteiger partial charge in [0.2, 0.25) is 0 Å². The molecule has 0 bridgehead atoms. The van der Waals surface area contributed by atoms with E-state index < -0.39 is 0 Å². The summed E-state index contributed by atoms with van der Waals surface area (Å²) < 4.78 is 9.31. The normalized spacial score (nSPS) is 11.7. The SMILES string of the molecule is c1ccc(-c2ccc(-c3cc4ccccc4c4ccccc34)cc2N(Cc2cccc3c2oc2ccccc23)c2ccc(-c3cccc4c3sc3ccccc34)cc2)cc1. The van der Waals surface area contributed by atoms with Crippen LogP contribution in [0.3, 0.4) is 0 Å². The Hall–Kier alpha value is -7.46. The first-order chi connectivity index (χ1) is 29.7. The second kappa shape index (κ2) is 14.1. The van der Waals surface area contributed by atoms with Crippen molar-refractivity contribution in [2.45, 2.75) is 6.54 Å². The second-order valence-corrected chi connectivity index (χ2v) is 16.6. The Balaban J connectivity index is 1.08. The summed E-state index contributed by atoms with van der Waals surface area (Å²) in [5.41, 5.74) is 12.4. The zero-order valence-electron chi connectivity index (χ0n) is 32.7. The lowest BCUT2D eigenvalue weighted by Crippen LogP contribution is -2.17. The highest BCUT2D eigenvalue weighted by Crippen LogP contribution is 2.45. The van der Waals surface area contributed by atoms with Crippen LogP contribution in [-0.4, -0.2) is 0 Å². The van der Waals surface area contributed by atoms with Gasteiger partial charge in [-0.2, -0.15) is 0 Å². The predicted molar refractivity (Wildman–Crippen MR) is 257 cm³/mol. The van der Waals surface area contributed by atoms with Gasteiger partial charge in [-0.3, -0.25) is 0 Å². The van der Waals surface area contributed by atoms with Crippen molar-refractivity contribution >= 4 is 86.4 Å². The average Bonchev–Trinajstić information content (AvgIpc) is 3.90. The number of nitrogens with zero attached hydrogens (tertiary/aromatic N) is 1. The summed E-state index contributed by atoms with van der Waals surface area (Å²) in [5.74, 6) is 0. The average molecular weight is 784 g/mol. The van der Waals surface area contributed by atoms with Gasteiger partial charge in [0.15, 0.2) is 0 Å². The minimum Gasteiger partial charge on any atom is -0.456 e. The first-order valence-corrected chi connectivity index (χ1v) is 21.3. The van der Waals surface area contributed by atoms with Crippen LogP contribution in [0.1, 0.15) is 5.56 Å². The zero-order valence-corrected chi connectivity index (χ0v) is 33.5. The Morgan fingerprint density at radius 1 is 0.400 bits per heavy atom. The molecule has 0 aliphatic carbocycles. The summed E-state index contributed by atoms with van der Waals surface area (Å²) in [6.45, 7) is 0.601. The molecule has 0 radical (unpaired) electrons. The summed E-state index contributed by atoms with van der Waals surface area (Å²) in [4.78, 5) is 2.49. The Morgan fingerprint density at radius 3 is 1.92 bits per heavy atom. The number of para-hydroxylation sites is 2. The summed E-state index contributed by atoms with van der Waals surface area (Å²) in [6, 6.07) is 77.3. The molecule has 282 valence electrons. The van der Waals surface area contributed by atoms with Crippen molar-refractivity contribution in [1.29, 1.82) is 0 Å². The van der Waals surface area contributed by atoms with Crippen LogP contribution in [0.15, 0.2) is 217 Å². The zero-order chi connectivity index (χ0) is 39.6. The van der Waals surface area contributed by atoms with Gasteiger partial charge in [0, 0.05) is 53.4 Å². The predicted octanol–water partition coefficient (Wildman–Crippen LogP) is 16.6. The summed E-state index contributed by atoms with van der Waals surface area (Å²) in [7, 11) is 0. The third-order valence-electron chi connectivity index (χ3n) is 12.2. The molecule has 0 spiro atoms. The molecule has 3 heteroatoms. The summed E-state index contributed by atoms with van der Waals surface area (Å²) in [5, 5.41) is 9.90. The maximum Gasteiger partial charge on any atom is 0.140 e. The van der Waals surface area contributed by atoms with Gasteiger partial charge in [0.25, 0.3) is 0 Å². The van der Waals surface area contributed by atoms with Gasteiger partial charge >= 0.3 is 0 Å². The molecule has 2 nitrogen and oxygen atoms in total. The van der Waals surface area contributed by atoms with Crippen molar-refractivity contribution in [2.75, 3.05) is 4.90 Å². The molecule has 2 heterocycles. The maximum absolute atomic E-state index is 6.67. The van der Waals surface area contributed by atoms with Crippen LogP contribution in [0.2, 0.25) is 0 Å². The number of thiophene rings is 1. The van der Waals surface area contributed by atoms with Gasteiger partial charge in [0.1, 0.15) is 11.2 Å². The van der Waals surface area contributed by atoms with E-state index in [4.69, 9.17) is 4.42 Å². The lowest BCUT2D eigenvalue weighted by Gasteiger charge is -2.29.